The normalized spacial score (nSPS) is 16.7. The van der Waals surface area contributed by atoms with Crippen LogP contribution in [-0.2, 0) is 22.4 Å². The molecule has 57 heavy (non-hydrogen) atoms. The number of amides is 4. The van der Waals surface area contributed by atoms with E-state index in [0.717, 1.165) is 33.5 Å². The Hall–Kier alpha value is -6.26. The maximum atomic E-state index is 13.5. The van der Waals surface area contributed by atoms with Crippen molar-refractivity contribution in [1.29, 1.82) is 0 Å². The molecule has 6 aromatic rings. The molecule has 0 fully saturated rings. The standard InChI is InChI=1S/C42H35ClIN8O5/c1-50-37-13-11-28(43)19-31(37)39(53)48-34(41(50)55)18-25-5-9-27(10-6-25)36-22-52(23-47-36)44-57-29-12-14-38-32(20-29)40(54)49-35(42(56)51(38)2)17-24-3-7-26(8-4-24)30-15-16-46-21-33(30)45/h3-16,19-23,34-35H,17-18,45H2,1-2H3,(H,48,53)(H,49,54)/q-1. The van der Waals surface area contributed by atoms with Crippen LogP contribution in [0.5, 0.6) is 5.75 Å². The van der Waals surface area contributed by atoms with Crippen LogP contribution in [0.2, 0.25) is 5.02 Å². The number of nitrogen functional groups attached to an aromatic ring is 1. The zero-order chi connectivity index (χ0) is 39.8. The molecule has 2 atom stereocenters. The Kier molecular flexibility index (Phi) is 10.4. The van der Waals surface area contributed by atoms with Crippen molar-refractivity contribution in [2.24, 2.45) is 0 Å². The van der Waals surface area contributed by atoms with Gasteiger partial charge in [0.25, 0.3) is 0 Å². The van der Waals surface area contributed by atoms with Crippen LogP contribution in [0, 0.1) is 0 Å². The molecule has 4 N–H and O–H groups in total. The molecule has 4 heterocycles. The van der Waals surface area contributed by atoms with Crippen LogP contribution in [0.15, 0.2) is 116 Å². The Morgan fingerprint density at radius 2 is 1.32 bits per heavy atom. The van der Waals surface area contributed by atoms with Crippen LogP contribution < -0.4 is 51.1 Å². The second-order valence-electron chi connectivity index (χ2n) is 13.7. The molecule has 0 saturated carbocycles. The minimum absolute atomic E-state index is 0.220. The van der Waals surface area contributed by atoms with Gasteiger partial charge in [-0.25, -0.2) is 0 Å². The second kappa shape index (κ2) is 15.7. The van der Waals surface area contributed by atoms with Crippen molar-refractivity contribution in [3.8, 4) is 28.1 Å². The molecule has 4 amide bonds. The first-order valence-corrected chi connectivity index (χ1v) is 20.1. The van der Waals surface area contributed by atoms with E-state index in [-0.39, 0.29) is 23.6 Å². The number of rotatable bonds is 9. The Morgan fingerprint density at radius 1 is 0.737 bits per heavy atom. The molecule has 0 bridgehead atoms. The molecule has 0 radical (unpaired) electrons. The summed E-state index contributed by atoms with van der Waals surface area (Å²) in [5.74, 6) is -0.658. The van der Waals surface area contributed by atoms with Gasteiger partial charge in [-0.15, -0.1) is 0 Å². The van der Waals surface area contributed by atoms with Crippen molar-refractivity contribution in [3.63, 3.8) is 0 Å². The average molecular weight is 894 g/mol. The van der Waals surface area contributed by atoms with E-state index in [4.69, 9.17) is 20.4 Å². The summed E-state index contributed by atoms with van der Waals surface area (Å²) >= 11 is 5.06. The summed E-state index contributed by atoms with van der Waals surface area (Å²) in [4.78, 5) is 64.9. The zero-order valence-electron chi connectivity index (χ0n) is 30.6. The fourth-order valence-electron chi connectivity index (χ4n) is 6.94. The van der Waals surface area contributed by atoms with E-state index in [1.807, 2.05) is 63.6 Å². The third-order valence-corrected chi connectivity index (χ3v) is 11.9. The molecule has 2 aliphatic heterocycles. The zero-order valence-corrected chi connectivity index (χ0v) is 33.6. The van der Waals surface area contributed by atoms with Crippen molar-refractivity contribution < 1.29 is 44.1 Å². The number of carbonyl (C=O) groups is 4. The molecule has 2 unspecified atom stereocenters. The molecule has 15 heteroatoms. The van der Waals surface area contributed by atoms with Gasteiger partial charge in [0.1, 0.15) is 0 Å². The molecule has 0 aliphatic carbocycles. The molecule has 0 spiro atoms. The van der Waals surface area contributed by atoms with Crippen LogP contribution >= 0.6 is 11.6 Å². The van der Waals surface area contributed by atoms with Crippen LogP contribution in [0.4, 0.5) is 17.1 Å². The van der Waals surface area contributed by atoms with E-state index in [0.29, 0.717) is 51.8 Å². The first-order chi connectivity index (χ1) is 27.5. The molecular formula is C42H35ClIN8O5-. The number of nitrogens with one attached hydrogen (secondary N) is 2. The van der Waals surface area contributed by atoms with Gasteiger partial charge in [-0.2, -0.15) is 0 Å². The minimum Gasteiger partial charge on any atom is -0.0843 e. The number of likely N-dealkylation sites (N-methyl/N-ethyl adjacent to an activating group) is 2. The number of aromatic nitrogens is 3. The SMILES string of the molecule is CN1C(=O)C(Cc2ccc(-c3cn([I-]Oc4ccc5c(c4)C(=O)NC(Cc4ccc(-c6ccncc6N)cc4)C(=O)N5C)cn3)cc2)NC(=O)c2cc(Cl)ccc21. The fraction of sp³-hybridized carbons (Fsp3) is 0.143. The Labute approximate surface area is 344 Å². The number of nitrogens with two attached hydrogens (primary N) is 1. The van der Waals surface area contributed by atoms with E-state index in [1.165, 1.54) is 9.80 Å². The Balaban J connectivity index is 0.889. The number of anilines is 3. The fourth-order valence-corrected chi connectivity index (χ4v) is 8.44. The van der Waals surface area contributed by atoms with Crippen molar-refractivity contribution in [2.45, 2.75) is 24.9 Å². The first kappa shape index (κ1) is 37.7. The first-order valence-electron chi connectivity index (χ1n) is 17.9. The molecule has 2 aliphatic rings. The summed E-state index contributed by atoms with van der Waals surface area (Å²) in [6.45, 7) is 0. The summed E-state index contributed by atoms with van der Waals surface area (Å²) in [7, 11) is 3.32. The third-order valence-electron chi connectivity index (χ3n) is 10.0. The van der Waals surface area contributed by atoms with E-state index < -0.39 is 34.0 Å². The minimum atomic E-state index is -1.06. The Morgan fingerprint density at radius 3 is 1.93 bits per heavy atom. The number of pyridine rings is 1. The summed E-state index contributed by atoms with van der Waals surface area (Å²) in [5.41, 5.74) is 13.5. The smallest absolute Gasteiger partial charge is 0.0843 e. The van der Waals surface area contributed by atoms with Crippen molar-refractivity contribution in [1.82, 2.24) is 23.4 Å². The van der Waals surface area contributed by atoms with E-state index in [9.17, 15) is 19.2 Å². The third kappa shape index (κ3) is 7.78. The van der Waals surface area contributed by atoms with Gasteiger partial charge in [-0.3, -0.25) is 4.98 Å². The van der Waals surface area contributed by atoms with E-state index in [2.05, 4.69) is 20.6 Å². The number of fused-ring (bicyclic) bond motifs is 2. The van der Waals surface area contributed by atoms with Gasteiger partial charge >= 0.3 is 270 Å². The summed E-state index contributed by atoms with van der Waals surface area (Å²) in [5, 5.41) is 6.19. The van der Waals surface area contributed by atoms with Crippen molar-refractivity contribution in [2.75, 3.05) is 29.6 Å². The molecule has 2 aromatic heterocycles. The molecular weight excluding hydrogens is 859 g/mol. The number of nitrogens with zero attached hydrogens (tertiary/aromatic N) is 5. The van der Waals surface area contributed by atoms with Crippen molar-refractivity contribution in [3.05, 3.63) is 143 Å². The molecule has 288 valence electrons. The molecule has 13 nitrogen and oxygen atoms in total. The van der Waals surface area contributed by atoms with Crippen LogP contribution in [0.1, 0.15) is 31.8 Å². The number of carbonyl (C=O) groups excluding carboxylic acids is 4. The quantitative estimate of drug-likeness (QED) is 0.186. The maximum absolute atomic E-state index is 13.5. The van der Waals surface area contributed by atoms with Gasteiger partial charge in [0, 0.05) is 16.8 Å². The van der Waals surface area contributed by atoms with E-state index >= 15 is 0 Å². The topological polar surface area (TPSA) is 165 Å². The number of benzene rings is 4. The molecule has 4 aromatic carbocycles. The molecule has 8 rings (SSSR count). The second-order valence-corrected chi connectivity index (χ2v) is 16.1. The van der Waals surface area contributed by atoms with Gasteiger partial charge in [-0.05, 0) is 24.3 Å². The number of halogens is 2. The number of hydrogen-bond donors (Lipinski definition) is 3. The molecule has 0 saturated heterocycles. The van der Waals surface area contributed by atoms with Gasteiger partial charge in [-0.1, -0.05) is 11.6 Å². The summed E-state index contributed by atoms with van der Waals surface area (Å²) < 4.78 is 8.05. The van der Waals surface area contributed by atoms with Crippen LogP contribution in [-0.4, -0.2) is 62.6 Å². The van der Waals surface area contributed by atoms with Crippen molar-refractivity contribution >= 4 is 52.3 Å². The van der Waals surface area contributed by atoms with Crippen LogP contribution in [0.3, 0.4) is 0 Å². The van der Waals surface area contributed by atoms with Gasteiger partial charge < -0.3 is 5.73 Å². The number of imidazole rings is 1. The summed E-state index contributed by atoms with van der Waals surface area (Å²) in [6, 6.07) is 25.8. The Bertz CT molecular complexity index is 2550. The average Bonchev–Trinajstić information content (AvgIpc) is 3.65. The predicted octanol–water partition coefficient (Wildman–Crippen LogP) is 2.33. The van der Waals surface area contributed by atoms with Gasteiger partial charge in [0.2, 0.25) is 0 Å². The van der Waals surface area contributed by atoms with E-state index in [1.54, 1.807) is 69.2 Å². The van der Waals surface area contributed by atoms with Crippen LogP contribution in [0.25, 0.3) is 22.4 Å². The van der Waals surface area contributed by atoms with Gasteiger partial charge in [0.05, 0.1) is 11.9 Å². The monoisotopic (exact) mass is 893 g/mol. The van der Waals surface area contributed by atoms with Gasteiger partial charge in [0.15, 0.2) is 0 Å². The predicted molar refractivity (Wildman–Crippen MR) is 212 cm³/mol. The number of hydrogen-bond acceptors (Lipinski definition) is 8. The summed E-state index contributed by atoms with van der Waals surface area (Å²) in [6.07, 6.45) is 7.51.